The Hall–Kier alpha value is -3.31. The fourth-order valence-corrected chi connectivity index (χ4v) is 3.62. The molecule has 0 atom stereocenters. The molecule has 0 unspecified atom stereocenters. The number of nitrogens with zero attached hydrogens (tertiary/aromatic N) is 3. The van der Waals surface area contributed by atoms with Gasteiger partial charge >= 0.3 is 0 Å². The molecule has 1 aliphatic heterocycles. The number of amides is 1. The molecule has 2 aromatic rings. The van der Waals surface area contributed by atoms with Crippen molar-refractivity contribution in [3.63, 3.8) is 0 Å². The van der Waals surface area contributed by atoms with Gasteiger partial charge in [0.1, 0.15) is 5.82 Å². The third-order valence-corrected chi connectivity index (χ3v) is 5.56. The van der Waals surface area contributed by atoms with Crippen molar-refractivity contribution >= 4 is 17.3 Å². The standard InChI is InChI=1S/C22H22FN3O4/c1-24-20-14-17(4-7-19(20)23)8-9-22(28)10-12-25(13-11-22)21(27)15-16-2-5-18(6-3-16)26(29)30/h2-7,14,28H,8-13,15H2. The van der Waals surface area contributed by atoms with Crippen LogP contribution in [0.5, 0.6) is 0 Å². The Bertz CT molecular complexity index is 977. The SMILES string of the molecule is [C-]#[N+]c1cc(CCC2(O)CCN(C(=O)Cc3ccc([N+](=O)[O-])cc3)CC2)ccc1F. The van der Waals surface area contributed by atoms with Crippen molar-refractivity contribution in [2.24, 2.45) is 0 Å². The number of piperidine rings is 1. The van der Waals surface area contributed by atoms with Gasteiger partial charge in [0.05, 0.1) is 23.5 Å². The number of rotatable bonds is 6. The fourth-order valence-electron chi connectivity index (χ4n) is 3.62. The van der Waals surface area contributed by atoms with Crippen LogP contribution in [-0.4, -0.2) is 39.5 Å². The van der Waals surface area contributed by atoms with E-state index in [2.05, 4.69) is 4.85 Å². The number of aliphatic hydroxyl groups is 1. The van der Waals surface area contributed by atoms with Crippen molar-refractivity contribution in [3.05, 3.63) is 80.9 Å². The molecule has 1 saturated heterocycles. The molecule has 1 N–H and O–H groups in total. The van der Waals surface area contributed by atoms with Crippen LogP contribution in [0.2, 0.25) is 0 Å². The largest absolute Gasteiger partial charge is 0.390 e. The van der Waals surface area contributed by atoms with Crippen LogP contribution in [0.1, 0.15) is 30.4 Å². The minimum atomic E-state index is -0.906. The van der Waals surface area contributed by atoms with Gasteiger partial charge in [-0.05, 0) is 37.3 Å². The van der Waals surface area contributed by atoms with Crippen LogP contribution >= 0.6 is 0 Å². The lowest BCUT2D eigenvalue weighted by Crippen LogP contribution is -2.47. The number of non-ortho nitro benzene ring substituents is 1. The number of carbonyl (C=O) groups is 1. The van der Waals surface area contributed by atoms with Crippen LogP contribution in [0.15, 0.2) is 42.5 Å². The number of aryl methyl sites for hydroxylation is 1. The lowest BCUT2D eigenvalue weighted by molar-refractivity contribution is -0.384. The smallest absolute Gasteiger partial charge is 0.269 e. The number of hydrogen-bond acceptors (Lipinski definition) is 4. The predicted octanol–water partition coefficient (Wildman–Crippen LogP) is 3.81. The van der Waals surface area contributed by atoms with E-state index in [4.69, 9.17) is 6.57 Å². The predicted molar refractivity (Wildman–Crippen MR) is 109 cm³/mol. The average molecular weight is 411 g/mol. The number of likely N-dealkylation sites (tertiary alicyclic amines) is 1. The zero-order chi connectivity index (χ0) is 21.7. The number of carbonyl (C=O) groups excluding carboxylic acids is 1. The second-order valence-electron chi connectivity index (χ2n) is 7.60. The zero-order valence-corrected chi connectivity index (χ0v) is 16.4. The van der Waals surface area contributed by atoms with Crippen LogP contribution in [0.25, 0.3) is 4.85 Å². The molecule has 0 radical (unpaired) electrons. The number of nitro groups is 1. The van der Waals surface area contributed by atoms with Gasteiger partial charge in [-0.1, -0.05) is 29.8 Å². The quantitative estimate of drug-likeness (QED) is 0.445. The molecule has 7 nitrogen and oxygen atoms in total. The molecule has 2 aromatic carbocycles. The van der Waals surface area contributed by atoms with Crippen LogP contribution in [0.4, 0.5) is 15.8 Å². The summed E-state index contributed by atoms with van der Waals surface area (Å²) in [5.41, 5.74) is 0.562. The van der Waals surface area contributed by atoms with E-state index in [9.17, 15) is 24.4 Å². The van der Waals surface area contributed by atoms with Crippen molar-refractivity contribution in [1.29, 1.82) is 0 Å². The van der Waals surface area contributed by atoms with Crippen molar-refractivity contribution in [1.82, 2.24) is 4.90 Å². The van der Waals surface area contributed by atoms with Crippen LogP contribution in [0, 0.1) is 22.5 Å². The number of halogens is 1. The Labute approximate surface area is 173 Å². The molecule has 0 aliphatic carbocycles. The molecular weight excluding hydrogens is 389 g/mol. The van der Waals surface area contributed by atoms with Gasteiger partial charge in [-0.15, -0.1) is 0 Å². The van der Waals surface area contributed by atoms with Gasteiger partial charge in [0.25, 0.3) is 5.69 Å². The summed E-state index contributed by atoms with van der Waals surface area (Å²) in [6.45, 7) is 7.85. The van der Waals surface area contributed by atoms with E-state index in [0.717, 1.165) is 5.56 Å². The topological polar surface area (TPSA) is 88.0 Å². The lowest BCUT2D eigenvalue weighted by atomic mass is 9.85. The Morgan fingerprint density at radius 3 is 2.43 bits per heavy atom. The van der Waals surface area contributed by atoms with Gasteiger partial charge in [-0.2, -0.15) is 0 Å². The molecule has 1 amide bonds. The number of benzene rings is 2. The highest BCUT2D eigenvalue weighted by atomic mass is 19.1. The van der Waals surface area contributed by atoms with Crippen LogP contribution in [-0.2, 0) is 17.6 Å². The van der Waals surface area contributed by atoms with E-state index in [0.29, 0.717) is 44.3 Å². The van der Waals surface area contributed by atoms with Crippen molar-refractivity contribution in [3.8, 4) is 0 Å². The molecule has 8 heteroatoms. The van der Waals surface area contributed by atoms with Gasteiger partial charge in [0.2, 0.25) is 11.6 Å². The first-order chi connectivity index (χ1) is 14.3. The summed E-state index contributed by atoms with van der Waals surface area (Å²) in [5, 5.41) is 21.6. The summed E-state index contributed by atoms with van der Waals surface area (Å²) in [7, 11) is 0. The molecular formula is C22H22FN3O4. The molecule has 0 saturated carbocycles. The third kappa shape index (κ3) is 5.19. The van der Waals surface area contributed by atoms with Crippen LogP contribution in [0.3, 0.4) is 0 Å². The monoisotopic (exact) mass is 411 g/mol. The van der Waals surface area contributed by atoms with E-state index < -0.39 is 16.3 Å². The molecule has 1 heterocycles. The highest BCUT2D eigenvalue weighted by Gasteiger charge is 2.33. The van der Waals surface area contributed by atoms with E-state index in [-0.39, 0.29) is 23.7 Å². The zero-order valence-electron chi connectivity index (χ0n) is 16.4. The van der Waals surface area contributed by atoms with Gasteiger partial charge in [-0.3, -0.25) is 14.9 Å². The van der Waals surface area contributed by atoms with Gasteiger partial charge in [-0.25, -0.2) is 9.24 Å². The minimum Gasteiger partial charge on any atom is -0.390 e. The second kappa shape index (κ2) is 9.01. The van der Waals surface area contributed by atoms with E-state index in [1.165, 1.54) is 24.3 Å². The lowest BCUT2D eigenvalue weighted by Gasteiger charge is -2.38. The van der Waals surface area contributed by atoms with Crippen molar-refractivity contribution < 1.29 is 19.2 Å². The molecule has 1 aliphatic rings. The normalized spacial score (nSPS) is 15.4. The van der Waals surface area contributed by atoms with Gasteiger partial charge in [0.15, 0.2) is 0 Å². The molecule has 0 spiro atoms. The van der Waals surface area contributed by atoms with Crippen molar-refractivity contribution in [2.75, 3.05) is 13.1 Å². The molecule has 1 fully saturated rings. The van der Waals surface area contributed by atoms with Crippen LogP contribution < -0.4 is 0 Å². The first-order valence-electron chi connectivity index (χ1n) is 9.69. The summed E-state index contributed by atoms with van der Waals surface area (Å²) in [6, 6.07) is 10.3. The highest BCUT2D eigenvalue weighted by Crippen LogP contribution is 2.29. The Kier molecular flexibility index (Phi) is 6.43. The summed E-state index contributed by atoms with van der Waals surface area (Å²) in [6.07, 6.45) is 2.04. The summed E-state index contributed by atoms with van der Waals surface area (Å²) in [4.78, 5) is 27.6. The van der Waals surface area contributed by atoms with E-state index in [1.807, 2.05) is 0 Å². The highest BCUT2D eigenvalue weighted by molar-refractivity contribution is 5.79. The fraction of sp³-hybridized carbons (Fsp3) is 0.364. The first-order valence-corrected chi connectivity index (χ1v) is 9.69. The molecule has 0 aromatic heterocycles. The maximum absolute atomic E-state index is 13.4. The van der Waals surface area contributed by atoms with E-state index >= 15 is 0 Å². The first kappa shape index (κ1) is 21.4. The number of nitro benzene ring substituents is 1. The maximum Gasteiger partial charge on any atom is 0.269 e. The molecule has 3 rings (SSSR count). The average Bonchev–Trinajstić information content (AvgIpc) is 2.74. The maximum atomic E-state index is 13.4. The Balaban J connectivity index is 1.51. The van der Waals surface area contributed by atoms with Crippen molar-refractivity contribution in [2.45, 2.75) is 37.7 Å². The second-order valence-corrected chi connectivity index (χ2v) is 7.60. The molecule has 30 heavy (non-hydrogen) atoms. The van der Waals surface area contributed by atoms with E-state index in [1.54, 1.807) is 23.1 Å². The summed E-state index contributed by atoms with van der Waals surface area (Å²) in [5.74, 6) is -0.626. The van der Waals surface area contributed by atoms with Gasteiger partial charge < -0.3 is 10.0 Å². The van der Waals surface area contributed by atoms with Gasteiger partial charge in [0, 0.05) is 25.2 Å². The minimum absolute atomic E-state index is 0.0149. The third-order valence-electron chi connectivity index (χ3n) is 5.56. The summed E-state index contributed by atoms with van der Waals surface area (Å²) >= 11 is 0. The Morgan fingerprint density at radius 2 is 1.83 bits per heavy atom. The summed E-state index contributed by atoms with van der Waals surface area (Å²) < 4.78 is 13.4. The number of hydrogen-bond donors (Lipinski definition) is 1. The Morgan fingerprint density at radius 1 is 1.20 bits per heavy atom. The molecule has 0 bridgehead atoms. The molecule has 156 valence electrons.